The van der Waals surface area contributed by atoms with E-state index in [1.165, 1.54) is 4.90 Å². The largest absolute Gasteiger partial charge is 0.494 e. The van der Waals surface area contributed by atoms with Gasteiger partial charge in [0.25, 0.3) is 11.8 Å². The molecule has 0 atom stereocenters. The lowest BCUT2D eigenvalue weighted by Gasteiger charge is -2.18. The highest BCUT2D eigenvalue weighted by atomic mass is 16.5. The molecule has 1 heterocycles. The number of ether oxygens (including phenoxy) is 1. The smallest absolute Gasteiger partial charge is 0.282 e. The van der Waals surface area contributed by atoms with Gasteiger partial charge in [0.1, 0.15) is 11.4 Å². The number of rotatable bonds is 7. The van der Waals surface area contributed by atoms with E-state index < -0.39 is 5.91 Å². The maximum absolute atomic E-state index is 13.6. The fourth-order valence-electron chi connectivity index (χ4n) is 3.74. The first-order valence-corrected chi connectivity index (χ1v) is 10.9. The molecule has 0 fully saturated rings. The highest BCUT2D eigenvalue weighted by molar-refractivity contribution is 6.46. The van der Waals surface area contributed by atoms with Crippen LogP contribution in [-0.4, -0.2) is 32.5 Å². The Hall–Kier alpha value is -4.06. The molecular formula is C27H27N3O3. The maximum atomic E-state index is 13.6. The number of anilines is 3. The van der Waals surface area contributed by atoms with Crippen LogP contribution < -0.4 is 19.9 Å². The van der Waals surface area contributed by atoms with Crippen LogP contribution in [0, 0.1) is 6.92 Å². The molecule has 6 nitrogen and oxygen atoms in total. The first-order valence-electron chi connectivity index (χ1n) is 10.9. The van der Waals surface area contributed by atoms with Crippen molar-refractivity contribution in [3.05, 3.63) is 89.6 Å². The first-order chi connectivity index (χ1) is 15.9. The van der Waals surface area contributed by atoms with Crippen LogP contribution in [0.15, 0.2) is 78.5 Å². The van der Waals surface area contributed by atoms with Crippen LogP contribution in [0.4, 0.5) is 17.1 Å². The summed E-state index contributed by atoms with van der Waals surface area (Å²) >= 11 is 0. The average Bonchev–Trinajstić information content (AvgIpc) is 3.04. The predicted molar refractivity (Wildman–Crippen MR) is 133 cm³/mol. The van der Waals surface area contributed by atoms with Crippen molar-refractivity contribution in [1.29, 1.82) is 0 Å². The summed E-state index contributed by atoms with van der Waals surface area (Å²) in [7, 11) is 3.88. The molecule has 0 spiro atoms. The van der Waals surface area contributed by atoms with Crippen molar-refractivity contribution in [1.82, 2.24) is 0 Å². The lowest BCUT2D eigenvalue weighted by atomic mass is 10.0. The van der Waals surface area contributed by atoms with Crippen molar-refractivity contribution in [2.45, 2.75) is 13.8 Å². The van der Waals surface area contributed by atoms with Gasteiger partial charge in [-0.2, -0.15) is 0 Å². The molecule has 4 rings (SSSR count). The monoisotopic (exact) mass is 441 g/mol. The zero-order valence-corrected chi connectivity index (χ0v) is 19.3. The molecule has 0 unspecified atom stereocenters. The Bertz CT molecular complexity index is 1210. The van der Waals surface area contributed by atoms with E-state index in [1.54, 1.807) is 12.1 Å². The van der Waals surface area contributed by atoms with Crippen LogP contribution in [0.1, 0.15) is 18.1 Å². The van der Waals surface area contributed by atoms with E-state index in [0.29, 0.717) is 34.9 Å². The predicted octanol–water partition coefficient (Wildman–Crippen LogP) is 4.86. The molecule has 1 N–H and O–H groups in total. The van der Waals surface area contributed by atoms with Crippen LogP contribution in [-0.2, 0) is 9.59 Å². The topological polar surface area (TPSA) is 61.9 Å². The molecule has 2 amide bonds. The highest BCUT2D eigenvalue weighted by Crippen LogP contribution is 2.35. The summed E-state index contributed by atoms with van der Waals surface area (Å²) in [4.78, 5) is 30.3. The van der Waals surface area contributed by atoms with Crippen LogP contribution >= 0.6 is 0 Å². The van der Waals surface area contributed by atoms with Gasteiger partial charge in [-0.15, -0.1) is 0 Å². The summed E-state index contributed by atoms with van der Waals surface area (Å²) in [5.74, 6) is -0.0622. The van der Waals surface area contributed by atoms with E-state index in [1.807, 2.05) is 93.5 Å². The molecule has 33 heavy (non-hydrogen) atoms. The normalized spacial score (nSPS) is 13.5. The second-order valence-corrected chi connectivity index (χ2v) is 8.06. The molecule has 1 aliphatic heterocycles. The summed E-state index contributed by atoms with van der Waals surface area (Å²) in [5.41, 5.74) is 4.54. The molecule has 3 aromatic rings. The van der Waals surface area contributed by atoms with E-state index in [0.717, 1.165) is 11.3 Å². The third kappa shape index (κ3) is 4.46. The van der Waals surface area contributed by atoms with E-state index in [-0.39, 0.29) is 11.6 Å². The summed E-state index contributed by atoms with van der Waals surface area (Å²) in [6, 6.07) is 22.3. The Morgan fingerprint density at radius 1 is 0.909 bits per heavy atom. The van der Waals surface area contributed by atoms with Gasteiger partial charge in [-0.25, -0.2) is 4.90 Å². The summed E-state index contributed by atoms with van der Waals surface area (Å²) in [6.45, 7) is 4.43. The van der Waals surface area contributed by atoms with Gasteiger partial charge in [-0.3, -0.25) is 9.59 Å². The highest BCUT2D eigenvalue weighted by Gasteiger charge is 2.40. The Kier molecular flexibility index (Phi) is 6.18. The van der Waals surface area contributed by atoms with E-state index >= 15 is 0 Å². The number of benzene rings is 3. The minimum atomic E-state index is -0.394. The third-order valence-corrected chi connectivity index (χ3v) is 5.46. The van der Waals surface area contributed by atoms with Crippen LogP contribution in [0.2, 0.25) is 0 Å². The molecule has 0 bridgehead atoms. The summed E-state index contributed by atoms with van der Waals surface area (Å²) in [6.07, 6.45) is 0. The van der Waals surface area contributed by atoms with Crippen LogP contribution in [0.3, 0.4) is 0 Å². The summed E-state index contributed by atoms with van der Waals surface area (Å²) < 4.78 is 5.58. The van der Waals surface area contributed by atoms with Crippen molar-refractivity contribution in [2.24, 2.45) is 0 Å². The Balaban J connectivity index is 1.76. The Morgan fingerprint density at radius 3 is 2.24 bits per heavy atom. The number of carbonyl (C=O) groups excluding carboxylic acids is 2. The molecule has 0 aromatic heterocycles. The van der Waals surface area contributed by atoms with E-state index in [4.69, 9.17) is 4.74 Å². The van der Waals surface area contributed by atoms with Crippen molar-refractivity contribution in [3.63, 3.8) is 0 Å². The van der Waals surface area contributed by atoms with Gasteiger partial charge in [0.05, 0.1) is 17.9 Å². The lowest BCUT2D eigenvalue weighted by molar-refractivity contribution is -0.120. The lowest BCUT2D eigenvalue weighted by Crippen LogP contribution is -2.32. The minimum Gasteiger partial charge on any atom is -0.494 e. The quantitative estimate of drug-likeness (QED) is 0.531. The summed E-state index contributed by atoms with van der Waals surface area (Å²) in [5, 5.41) is 3.19. The number of imide groups is 1. The molecule has 0 saturated heterocycles. The number of amides is 2. The Morgan fingerprint density at radius 2 is 1.61 bits per heavy atom. The van der Waals surface area contributed by atoms with Crippen molar-refractivity contribution < 1.29 is 14.3 Å². The van der Waals surface area contributed by atoms with Gasteiger partial charge in [-0.1, -0.05) is 35.9 Å². The van der Waals surface area contributed by atoms with Crippen molar-refractivity contribution in [2.75, 3.05) is 35.8 Å². The molecule has 168 valence electrons. The van der Waals surface area contributed by atoms with Crippen molar-refractivity contribution >= 4 is 34.4 Å². The zero-order valence-electron chi connectivity index (χ0n) is 19.3. The number of hydrogen-bond acceptors (Lipinski definition) is 5. The molecule has 3 aromatic carbocycles. The maximum Gasteiger partial charge on any atom is 0.282 e. The number of hydrogen-bond donors (Lipinski definition) is 1. The third-order valence-electron chi connectivity index (χ3n) is 5.46. The van der Waals surface area contributed by atoms with Gasteiger partial charge in [0.15, 0.2) is 0 Å². The van der Waals surface area contributed by atoms with Gasteiger partial charge in [0.2, 0.25) is 0 Å². The number of aryl methyl sites for hydroxylation is 1. The molecule has 0 aliphatic carbocycles. The van der Waals surface area contributed by atoms with Crippen LogP contribution in [0.25, 0.3) is 5.57 Å². The van der Waals surface area contributed by atoms with E-state index in [9.17, 15) is 9.59 Å². The van der Waals surface area contributed by atoms with Gasteiger partial charge in [-0.05, 0) is 55.8 Å². The van der Waals surface area contributed by atoms with Gasteiger partial charge in [0, 0.05) is 31.5 Å². The average molecular weight is 442 g/mol. The molecule has 1 aliphatic rings. The minimum absolute atomic E-state index is 0.245. The molecule has 0 saturated carbocycles. The molecular weight excluding hydrogens is 414 g/mol. The number of carbonyl (C=O) groups is 2. The number of nitrogens with one attached hydrogen (secondary N) is 1. The number of nitrogens with zero attached hydrogens (tertiary/aromatic N) is 2. The molecule has 0 radical (unpaired) electrons. The fourth-order valence-corrected chi connectivity index (χ4v) is 3.74. The first kappa shape index (κ1) is 22.1. The van der Waals surface area contributed by atoms with Gasteiger partial charge >= 0.3 is 0 Å². The standard InChI is InChI=1S/C27H27N3O3/c1-5-33-23-8-6-7-20(17-23)28-25-24(19-11-9-18(2)10-12-19)26(31)30(27(25)32)22-15-13-21(14-16-22)29(3)4/h6-17,28H,5H2,1-4H3. The Labute approximate surface area is 194 Å². The van der Waals surface area contributed by atoms with Crippen LogP contribution in [0.5, 0.6) is 5.75 Å². The second kappa shape index (κ2) is 9.20. The second-order valence-electron chi connectivity index (χ2n) is 8.06. The van der Waals surface area contributed by atoms with Gasteiger partial charge < -0.3 is 15.0 Å². The zero-order chi connectivity index (χ0) is 23.5. The van der Waals surface area contributed by atoms with Crippen molar-refractivity contribution in [3.8, 4) is 5.75 Å². The SMILES string of the molecule is CCOc1cccc(NC2=C(c3ccc(C)cc3)C(=O)N(c3ccc(N(C)C)cc3)C2=O)c1. The molecule has 6 heteroatoms. The fraction of sp³-hybridized carbons (Fsp3) is 0.185. The van der Waals surface area contributed by atoms with E-state index in [2.05, 4.69) is 5.32 Å².